The summed E-state index contributed by atoms with van der Waals surface area (Å²) in [6.45, 7) is 0. The summed E-state index contributed by atoms with van der Waals surface area (Å²) >= 11 is 0. The average molecular weight is 726 g/mol. The Kier molecular flexibility index (Phi) is 6.93. The van der Waals surface area contributed by atoms with Crippen LogP contribution in [-0.2, 0) is 0 Å². The van der Waals surface area contributed by atoms with E-state index in [2.05, 4.69) is 226 Å². The molecule has 0 saturated carbocycles. The molecule has 12 rings (SSSR count). The van der Waals surface area contributed by atoms with E-state index < -0.39 is 0 Å². The Balaban J connectivity index is 1.07. The molecule has 0 bridgehead atoms. The van der Waals surface area contributed by atoms with E-state index in [-0.39, 0.29) is 0 Å². The number of aromatic nitrogens is 2. The Bertz CT molecular complexity index is 3460. The summed E-state index contributed by atoms with van der Waals surface area (Å²) in [6.07, 6.45) is 0. The molecule has 266 valence electrons. The van der Waals surface area contributed by atoms with Crippen LogP contribution < -0.4 is 4.90 Å². The Hall–Kier alpha value is -7.62. The van der Waals surface area contributed by atoms with Crippen molar-refractivity contribution in [2.45, 2.75) is 0 Å². The van der Waals surface area contributed by atoms with Gasteiger partial charge in [0.1, 0.15) is 0 Å². The molecule has 3 nitrogen and oxygen atoms in total. The average Bonchev–Trinajstić information content (AvgIpc) is 3.81. The molecular weight excluding hydrogens is 691 g/mol. The van der Waals surface area contributed by atoms with Crippen molar-refractivity contribution in [1.29, 1.82) is 0 Å². The molecule has 57 heavy (non-hydrogen) atoms. The first-order valence-electron chi connectivity index (χ1n) is 19.6. The van der Waals surface area contributed by atoms with Gasteiger partial charge in [-0.1, -0.05) is 133 Å². The molecule has 0 saturated heterocycles. The number of hydrogen-bond acceptors (Lipinski definition) is 1. The molecule has 0 aliphatic heterocycles. The molecule has 0 spiro atoms. The van der Waals surface area contributed by atoms with Crippen molar-refractivity contribution in [3.8, 4) is 11.4 Å². The van der Waals surface area contributed by atoms with Crippen molar-refractivity contribution in [1.82, 2.24) is 9.13 Å². The number of nitrogens with zero attached hydrogens (tertiary/aromatic N) is 3. The first kappa shape index (κ1) is 31.7. The normalized spacial score (nSPS) is 11.9. The maximum absolute atomic E-state index is 2.48. The van der Waals surface area contributed by atoms with Gasteiger partial charge in [-0.25, -0.2) is 0 Å². The van der Waals surface area contributed by atoms with E-state index in [1.807, 2.05) is 0 Å². The van der Waals surface area contributed by atoms with Gasteiger partial charge in [-0.3, -0.25) is 0 Å². The summed E-state index contributed by atoms with van der Waals surface area (Å²) in [5.74, 6) is 0. The smallest absolute Gasteiger partial charge is 0.0626 e. The highest BCUT2D eigenvalue weighted by molar-refractivity contribution is 6.36. The minimum Gasteiger partial charge on any atom is -0.310 e. The third-order valence-corrected chi connectivity index (χ3v) is 11.8. The quantitative estimate of drug-likeness (QED) is 0.161. The zero-order chi connectivity index (χ0) is 37.5. The van der Waals surface area contributed by atoms with Crippen molar-refractivity contribution >= 4 is 93.0 Å². The third-order valence-electron chi connectivity index (χ3n) is 11.8. The van der Waals surface area contributed by atoms with E-state index in [1.165, 1.54) is 75.9 Å². The van der Waals surface area contributed by atoms with Crippen LogP contribution in [-0.4, -0.2) is 9.13 Å². The summed E-state index contributed by atoms with van der Waals surface area (Å²) in [5.41, 5.74) is 10.5. The molecular formula is C54H35N3. The lowest BCUT2D eigenvalue weighted by Crippen LogP contribution is -2.09. The lowest BCUT2D eigenvalue weighted by molar-refractivity contribution is 1.15. The fourth-order valence-electron chi connectivity index (χ4n) is 9.44. The zero-order valence-corrected chi connectivity index (χ0v) is 31.0. The van der Waals surface area contributed by atoms with Crippen LogP contribution in [0.15, 0.2) is 212 Å². The largest absolute Gasteiger partial charge is 0.310 e. The summed E-state index contributed by atoms with van der Waals surface area (Å²) in [7, 11) is 0. The maximum Gasteiger partial charge on any atom is 0.0626 e. The van der Waals surface area contributed by atoms with Crippen molar-refractivity contribution in [2.75, 3.05) is 4.90 Å². The van der Waals surface area contributed by atoms with E-state index in [0.29, 0.717) is 0 Å². The summed E-state index contributed by atoms with van der Waals surface area (Å²) in [4.78, 5) is 2.34. The second-order valence-corrected chi connectivity index (χ2v) is 14.9. The number of rotatable bonds is 5. The van der Waals surface area contributed by atoms with Gasteiger partial charge in [-0.15, -0.1) is 0 Å². The Morgan fingerprint density at radius 1 is 0.281 bits per heavy atom. The molecule has 12 aromatic rings. The molecule has 0 aliphatic carbocycles. The van der Waals surface area contributed by atoms with E-state index in [9.17, 15) is 0 Å². The van der Waals surface area contributed by atoms with Gasteiger partial charge < -0.3 is 14.0 Å². The molecule has 0 radical (unpaired) electrons. The second-order valence-electron chi connectivity index (χ2n) is 14.9. The molecule has 2 heterocycles. The fourth-order valence-corrected chi connectivity index (χ4v) is 9.44. The van der Waals surface area contributed by atoms with Crippen LogP contribution in [0.25, 0.3) is 87.3 Å². The predicted molar refractivity (Wildman–Crippen MR) is 242 cm³/mol. The van der Waals surface area contributed by atoms with Crippen LogP contribution >= 0.6 is 0 Å². The number of fused-ring (bicyclic) bond motifs is 13. The van der Waals surface area contributed by atoms with E-state index in [4.69, 9.17) is 0 Å². The molecule has 0 fully saturated rings. The molecule has 0 atom stereocenters. The third kappa shape index (κ3) is 4.73. The van der Waals surface area contributed by atoms with Gasteiger partial charge in [0, 0.05) is 55.4 Å². The maximum atomic E-state index is 2.48. The van der Waals surface area contributed by atoms with Crippen LogP contribution in [0.4, 0.5) is 17.1 Å². The lowest BCUT2D eigenvalue weighted by atomic mass is 9.93. The van der Waals surface area contributed by atoms with Gasteiger partial charge in [0.2, 0.25) is 0 Å². The molecule has 3 heteroatoms. The van der Waals surface area contributed by atoms with Gasteiger partial charge in [-0.2, -0.15) is 0 Å². The topological polar surface area (TPSA) is 13.1 Å². The highest BCUT2D eigenvalue weighted by atomic mass is 15.1. The monoisotopic (exact) mass is 725 g/mol. The number of anilines is 3. The van der Waals surface area contributed by atoms with Crippen molar-refractivity contribution < 1.29 is 0 Å². The van der Waals surface area contributed by atoms with Gasteiger partial charge in [0.05, 0.1) is 22.1 Å². The van der Waals surface area contributed by atoms with Crippen molar-refractivity contribution in [2.24, 2.45) is 0 Å². The Morgan fingerprint density at radius 2 is 0.789 bits per heavy atom. The van der Waals surface area contributed by atoms with E-state index >= 15 is 0 Å². The Labute approximate surface area is 329 Å². The fraction of sp³-hybridized carbons (Fsp3) is 0. The predicted octanol–water partition coefficient (Wildman–Crippen LogP) is 14.8. The van der Waals surface area contributed by atoms with Crippen molar-refractivity contribution in [3.63, 3.8) is 0 Å². The van der Waals surface area contributed by atoms with Crippen LogP contribution in [0, 0.1) is 0 Å². The van der Waals surface area contributed by atoms with E-state index in [1.54, 1.807) is 0 Å². The summed E-state index contributed by atoms with van der Waals surface area (Å²) in [5, 5.41) is 12.7. The summed E-state index contributed by atoms with van der Waals surface area (Å²) < 4.78 is 4.90. The van der Waals surface area contributed by atoms with Gasteiger partial charge in [0.15, 0.2) is 0 Å². The van der Waals surface area contributed by atoms with Crippen LogP contribution in [0.3, 0.4) is 0 Å². The molecule has 0 unspecified atom stereocenters. The van der Waals surface area contributed by atoms with Crippen molar-refractivity contribution in [3.05, 3.63) is 212 Å². The SMILES string of the molecule is c1ccc(N(c2ccccc2)c2ccc3c(c2)c2ccccc2n3-c2ccc(-n3c4ccccc4c4c5ccccc5c5c6ccccc6ccc5c43)cc2)cc1. The highest BCUT2D eigenvalue weighted by Gasteiger charge is 2.21. The molecule has 10 aromatic carbocycles. The second kappa shape index (κ2) is 12.5. The number of benzene rings is 10. The number of hydrogen-bond donors (Lipinski definition) is 0. The summed E-state index contributed by atoms with van der Waals surface area (Å²) in [6, 6.07) is 77.3. The first-order valence-corrected chi connectivity index (χ1v) is 19.6. The lowest BCUT2D eigenvalue weighted by Gasteiger charge is -2.25. The highest BCUT2D eigenvalue weighted by Crippen LogP contribution is 2.45. The zero-order valence-electron chi connectivity index (χ0n) is 31.0. The minimum atomic E-state index is 1.12. The van der Waals surface area contributed by atoms with Gasteiger partial charge in [0.25, 0.3) is 0 Å². The standard InChI is InChI=1S/C54H35N3/c1-3-16-37(17-4-1)55(38-18-5-2-6-19-38)41-32-34-51-48(35-41)43-21-11-13-25-49(43)56(51)39-28-30-40(31-29-39)57-50-26-14-12-24-46(50)53-45-23-10-9-22-44(45)52-42-20-8-7-15-36(42)27-33-47(52)54(53)57/h1-35H. The van der Waals surface area contributed by atoms with Crippen LogP contribution in [0.1, 0.15) is 0 Å². The molecule has 0 aliphatic rings. The van der Waals surface area contributed by atoms with Gasteiger partial charge >= 0.3 is 0 Å². The minimum absolute atomic E-state index is 1.12. The van der Waals surface area contributed by atoms with Crippen LogP contribution in [0.5, 0.6) is 0 Å². The Morgan fingerprint density at radius 3 is 1.47 bits per heavy atom. The molecule has 0 amide bonds. The van der Waals surface area contributed by atoms with Gasteiger partial charge in [-0.05, 0) is 106 Å². The molecule has 0 N–H and O–H groups in total. The number of para-hydroxylation sites is 4. The van der Waals surface area contributed by atoms with E-state index in [0.717, 1.165) is 28.4 Å². The molecule has 2 aromatic heterocycles. The first-order chi connectivity index (χ1) is 28.3. The van der Waals surface area contributed by atoms with Crippen LogP contribution in [0.2, 0.25) is 0 Å².